The minimum Gasteiger partial charge on any atom is -0.369 e. The minimum absolute atomic E-state index is 0.121. The molecule has 2 aromatic rings. The largest absolute Gasteiger partial charge is 0.369 e. The Balaban J connectivity index is 2.40. The van der Waals surface area contributed by atoms with Gasteiger partial charge in [0, 0.05) is 6.20 Å². The first-order chi connectivity index (χ1) is 8.40. The van der Waals surface area contributed by atoms with Crippen LogP contribution in [0.25, 0.3) is 0 Å². The van der Waals surface area contributed by atoms with E-state index in [1.807, 2.05) is 0 Å². The van der Waals surface area contributed by atoms with Crippen molar-refractivity contribution in [1.82, 2.24) is 9.97 Å². The van der Waals surface area contributed by atoms with E-state index in [4.69, 9.17) is 5.73 Å². The van der Waals surface area contributed by atoms with Crippen molar-refractivity contribution in [2.45, 2.75) is 5.03 Å². The number of halogens is 2. The zero-order valence-corrected chi connectivity index (χ0v) is 9.63. The van der Waals surface area contributed by atoms with Crippen LogP contribution in [0.4, 0.5) is 20.4 Å². The SMILES string of the molecule is Nc1nc(S(=O)(=O)Nc2c(F)cccc2F)c[nH]1. The van der Waals surface area contributed by atoms with Crippen molar-refractivity contribution in [3.05, 3.63) is 36.0 Å². The summed E-state index contributed by atoms with van der Waals surface area (Å²) in [5.74, 6) is -2.17. The summed E-state index contributed by atoms with van der Waals surface area (Å²) >= 11 is 0. The lowest BCUT2D eigenvalue weighted by Crippen LogP contribution is -2.15. The number of H-pyrrole nitrogens is 1. The predicted molar refractivity (Wildman–Crippen MR) is 60.2 cm³/mol. The number of aromatic nitrogens is 2. The number of nitrogen functional groups attached to an aromatic ring is 1. The molecule has 0 saturated carbocycles. The maximum absolute atomic E-state index is 13.3. The van der Waals surface area contributed by atoms with E-state index in [9.17, 15) is 17.2 Å². The van der Waals surface area contributed by atoms with E-state index in [-0.39, 0.29) is 5.95 Å². The van der Waals surface area contributed by atoms with E-state index < -0.39 is 32.4 Å². The van der Waals surface area contributed by atoms with Crippen LogP contribution in [0.1, 0.15) is 0 Å². The minimum atomic E-state index is -4.19. The molecule has 1 heterocycles. The van der Waals surface area contributed by atoms with Crippen molar-refractivity contribution in [3.8, 4) is 0 Å². The third-order valence-electron chi connectivity index (χ3n) is 2.05. The van der Waals surface area contributed by atoms with Crippen LogP contribution in [0.15, 0.2) is 29.4 Å². The van der Waals surface area contributed by atoms with Gasteiger partial charge in [0.1, 0.15) is 17.3 Å². The highest BCUT2D eigenvalue weighted by atomic mass is 32.2. The fraction of sp³-hybridized carbons (Fsp3) is 0. The number of para-hydroxylation sites is 1. The first-order valence-electron chi connectivity index (χ1n) is 4.68. The average Bonchev–Trinajstić information content (AvgIpc) is 2.71. The summed E-state index contributed by atoms with van der Waals surface area (Å²) in [7, 11) is -4.19. The maximum atomic E-state index is 13.3. The third kappa shape index (κ3) is 2.25. The van der Waals surface area contributed by atoms with Crippen molar-refractivity contribution in [1.29, 1.82) is 0 Å². The van der Waals surface area contributed by atoms with Gasteiger partial charge in [0.05, 0.1) is 0 Å². The Morgan fingerprint density at radius 2 is 1.89 bits per heavy atom. The average molecular weight is 274 g/mol. The molecule has 0 spiro atoms. The Morgan fingerprint density at radius 1 is 1.28 bits per heavy atom. The molecule has 0 radical (unpaired) electrons. The summed E-state index contributed by atoms with van der Waals surface area (Å²) in [5, 5.41) is -0.456. The molecule has 4 N–H and O–H groups in total. The molecule has 0 atom stereocenters. The normalized spacial score (nSPS) is 11.4. The van der Waals surface area contributed by atoms with Gasteiger partial charge in [0.25, 0.3) is 10.0 Å². The quantitative estimate of drug-likeness (QED) is 0.779. The second kappa shape index (κ2) is 4.26. The van der Waals surface area contributed by atoms with E-state index in [1.165, 1.54) is 0 Å². The number of aromatic amines is 1. The summed E-state index contributed by atoms with van der Waals surface area (Å²) < 4.78 is 51.8. The molecule has 0 aliphatic carbocycles. The molecule has 0 unspecified atom stereocenters. The van der Waals surface area contributed by atoms with E-state index in [1.54, 1.807) is 4.72 Å². The summed E-state index contributed by atoms with van der Waals surface area (Å²) in [6.45, 7) is 0. The van der Waals surface area contributed by atoms with Crippen molar-refractivity contribution < 1.29 is 17.2 Å². The highest BCUT2D eigenvalue weighted by molar-refractivity contribution is 7.92. The lowest BCUT2D eigenvalue weighted by Gasteiger charge is -2.07. The number of rotatable bonds is 3. The molecule has 1 aromatic heterocycles. The van der Waals surface area contributed by atoms with E-state index >= 15 is 0 Å². The van der Waals surface area contributed by atoms with Gasteiger partial charge in [-0.15, -0.1) is 0 Å². The molecule has 9 heteroatoms. The van der Waals surface area contributed by atoms with Crippen LogP contribution in [0.5, 0.6) is 0 Å². The molecule has 1 aromatic carbocycles. The summed E-state index contributed by atoms with van der Waals surface area (Å²) in [6.07, 6.45) is 1.01. The smallest absolute Gasteiger partial charge is 0.281 e. The Bertz CT molecular complexity index is 663. The second-order valence-corrected chi connectivity index (χ2v) is 4.96. The van der Waals surface area contributed by atoms with Crippen LogP contribution in [0.2, 0.25) is 0 Å². The molecular weight excluding hydrogens is 266 g/mol. The van der Waals surface area contributed by atoms with Crippen molar-refractivity contribution >= 4 is 21.7 Å². The zero-order chi connectivity index (χ0) is 13.3. The molecule has 96 valence electrons. The number of hydrogen-bond donors (Lipinski definition) is 3. The fourth-order valence-corrected chi connectivity index (χ4v) is 2.24. The molecule has 0 amide bonds. The zero-order valence-electron chi connectivity index (χ0n) is 8.81. The number of nitrogens with zero attached hydrogens (tertiary/aromatic N) is 1. The standard InChI is InChI=1S/C9H8F2N4O2S/c10-5-2-1-3-6(11)8(5)15-18(16,17)7-4-13-9(12)14-7/h1-4,15H,(H3,12,13,14). The van der Waals surface area contributed by atoms with Crippen LogP contribution in [0, 0.1) is 11.6 Å². The van der Waals surface area contributed by atoms with Gasteiger partial charge in [-0.1, -0.05) is 6.07 Å². The van der Waals surface area contributed by atoms with E-state index in [2.05, 4.69) is 9.97 Å². The number of hydrogen-bond acceptors (Lipinski definition) is 4. The van der Waals surface area contributed by atoms with Crippen molar-refractivity contribution in [2.24, 2.45) is 0 Å². The molecule has 0 saturated heterocycles. The topological polar surface area (TPSA) is 101 Å². The molecule has 2 rings (SSSR count). The molecule has 0 aliphatic heterocycles. The van der Waals surface area contributed by atoms with Crippen LogP contribution in [-0.4, -0.2) is 18.4 Å². The predicted octanol–water partition coefficient (Wildman–Crippen LogP) is 1.07. The van der Waals surface area contributed by atoms with Crippen LogP contribution in [0.3, 0.4) is 0 Å². The van der Waals surface area contributed by atoms with Gasteiger partial charge in [-0.25, -0.2) is 8.78 Å². The van der Waals surface area contributed by atoms with Crippen molar-refractivity contribution in [2.75, 3.05) is 10.5 Å². The maximum Gasteiger partial charge on any atom is 0.281 e. The lowest BCUT2D eigenvalue weighted by atomic mass is 10.3. The number of imidazole rings is 1. The number of nitrogens with one attached hydrogen (secondary N) is 2. The Hall–Kier alpha value is -2.16. The monoisotopic (exact) mass is 274 g/mol. The van der Waals surface area contributed by atoms with Gasteiger partial charge in [-0.2, -0.15) is 13.4 Å². The van der Waals surface area contributed by atoms with E-state index in [0.717, 1.165) is 24.4 Å². The van der Waals surface area contributed by atoms with Gasteiger partial charge in [-0.3, -0.25) is 4.72 Å². The Kier molecular flexibility index (Phi) is 2.91. The fourth-order valence-electron chi connectivity index (χ4n) is 1.24. The van der Waals surface area contributed by atoms with Gasteiger partial charge < -0.3 is 10.7 Å². The van der Waals surface area contributed by atoms with E-state index in [0.29, 0.717) is 0 Å². The molecule has 0 fully saturated rings. The summed E-state index contributed by atoms with van der Waals surface area (Å²) in [5.41, 5.74) is 4.46. The highest BCUT2D eigenvalue weighted by Gasteiger charge is 2.21. The summed E-state index contributed by atoms with van der Waals surface area (Å²) in [4.78, 5) is 5.81. The number of nitrogens with two attached hydrogens (primary N) is 1. The molecule has 0 aliphatic rings. The Morgan fingerprint density at radius 3 is 2.39 bits per heavy atom. The van der Waals surface area contributed by atoms with Crippen LogP contribution >= 0.6 is 0 Å². The Labute approximate surface area is 101 Å². The van der Waals surface area contributed by atoms with Gasteiger partial charge in [-0.05, 0) is 12.1 Å². The number of sulfonamides is 1. The highest BCUT2D eigenvalue weighted by Crippen LogP contribution is 2.21. The molecule has 6 nitrogen and oxygen atoms in total. The second-order valence-electron chi connectivity index (χ2n) is 3.33. The lowest BCUT2D eigenvalue weighted by molar-refractivity contribution is 0.582. The molecule has 0 bridgehead atoms. The number of anilines is 2. The van der Waals surface area contributed by atoms with Crippen LogP contribution in [-0.2, 0) is 10.0 Å². The molecule has 18 heavy (non-hydrogen) atoms. The van der Waals surface area contributed by atoms with Crippen molar-refractivity contribution in [3.63, 3.8) is 0 Å². The molecular formula is C9H8F2N4O2S. The number of benzene rings is 1. The van der Waals surface area contributed by atoms with Gasteiger partial charge >= 0.3 is 0 Å². The first kappa shape index (κ1) is 12.3. The summed E-state index contributed by atoms with van der Waals surface area (Å²) in [6, 6.07) is 2.98. The van der Waals surface area contributed by atoms with Gasteiger partial charge in [0.2, 0.25) is 0 Å². The van der Waals surface area contributed by atoms with Gasteiger partial charge in [0.15, 0.2) is 11.0 Å². The van der Waals surface area contributed by atoms with Crippen LogP contribution < -0.4 is 10.5 Å². The third-order valence-corrected chi connectivity index (χ3v) is 3.28. The first-order valence-corrected chi connectivity index (χ1v) is 6.16.